The van der Waals surface area contributed by atoms with Crippen molar-refractivity contribution >= 4 is 23.4 Å². The molecule has 0 amide bonds. The Kier molecular flexibility index (Phi) is 5.27. The Bertz CT molecular complexity index is 412. The summed E-state index contributed by atoms with van der Waals surface area (Å²) in [7, 11) is 0. The third-order valence-corrected chi connectivity index (χ3v) is 4.21. The second kappa shape index (κ2) is 6.96. The second-order valence-electron chi connectivity index (χ2n) is 5.08. The van der Waals surface area contributed by atoms with Gasteiger partial charge in [-0.3, -0.25) is 0 Å². The molecule has 106 valence electrons. The Hall–Kier alpha value is -1.01. The van der Waals surface area contributed by atoms with Crippen LogP contribution in [0.4, 0.5) is 11.6 Å². The molecular formula is C13H23N5S. The normalized spacial score (nSPS) is 22.6. The van der Waals surface area contributed by atoms with Crippen LogP contribution in [-0.2, 0) is 0 Å². The molecule has 2 atom stereocenters. The van der Waals surface area contributed by atoms with Gasteiger partial charge in [0.25, 0.3) is 0 Å². The molecule has 0 aliphatic heterocycles. The van der Waals surface area contributed by atoms with Crippen LogP contribution < -0.4 is 16.8 Å². The van der Waals surface area contributed by atoms with E-state index in [2.05, 4.69) is 22.2 Å². The first-order chi connectivity index (χ1) is 9.17. The van der Waals surface area contributed by atoms with Crippen molar-refractivity contribution in [1.82, 2.24) is 9.97 Å². The summed E-state index contributed by atoms with van der Waals surface area (Å²) in [4.78, 5) is 8.77. The molecular weight excluding hydrogens is 258 g/mol. The number of aromatic nitrogens is 2. The number of thioether (sulfide) groups is 1. The largest absolute Gasteiger partial charge is 0.383 e. The summed E-state index contributed by atoms with van der Waals surface area (Å²) >= 11 is 1.66. The van der Waals surface area contributed by atoms with Gasteiger partial charge in [-0.25, -0.2) is 9.97 Å². The number of nitrogens with one attached hydrogen (secondary N) is 1. The molecule has 0 saturated heterocycles. The third kappa shape index (κ3) is 4.54. The van der Waals surface area contributed by atoms with E-state index in [1.54, 1.807) is 17.8 Å². The highest BCUT2D eigenvalue weighted by Gasteiger charge is 2.21. The van der Waals surface area contributed by atoms with Crippen LogP contribution in [0, 0.1) is 0 Å². The predicted molar refractivity (Wildman–Crippen MR) is 81.3 cm³/mol. The Balaban J connectivity index is 1.95. The fourth-order valence-electron chi connectivity index (χ4n) is 2.25. The standard InChI is InChI=1S/C13H23N5S/c1-2-3-6-19-13-17-11(15)8-12(18-13)16-10-5-4-9(14)7-10/h8-10H,2-7,14H2,1H3,(H3,15,16,17,18)/t9-,10-/m1/s1. The van der Waals surface area contributed by atoms with Gasteiger partial charge in [0.15, 0.2) is 5.16 Å². The van der Waals surface area contributed by atoms with Crippen LogP contribution >= 0.6 is 11.8 Å². The summed E-state index contributed by atoms with van der Waals surface area (Å²) < 4.78 is 0. The molecule has 1 aliphatic carbocycles. The molecule has 0 unspecified atom stereocenters. The molecule has 1 saturated carbocycles. The lowest BCUT2D eigenvalue weighted by atomic mass is 10.2. The zero-order valence-electron chi connectivity index (χ0n) is 11.4. The van der Waals surface area contributed by atoms with Gasteiger partial charge < -0.3 is 16.8 Å². The number of anilines is 2. The molecule has 0 radical (unpaired) electrons. The minimum absolute atomic E-state index is 0.315. The molecule has 1 fully saturated rings. The van der Waals surface area contributed by atoms with Gasteiger partial charge in [0.05, 0.1) is 0 Å². The maximum absolute atomic E-state index is 5.92. The van der Waals surface area contributed by atoms with Gasteiger partial charge in [0.2, 0.25) is 0 Å². The van der Waals surface area contributed by atoms with Gasteiger partial charge >= 0.3 is 0 Å². The van der Waals surface area contributed by atoms with Crippen molar-refractivity contribution in [2.75, 3.05) is 16.8 Å². The van der Waals surface area contributed by atoms with E-state index in [1.807, 2.05) is 0 Å². The monoisotopic (exact) mass is 281 g/mol. The molecule has 5 nitrogen and oxygen atoms in total. The Morgan fingerprint density at radius 2 is 2.26 bits per heavy atom. The molecule has 0 spiro atoms. The van der Waals surface area contributed by atoms with Crippen molar-refractivity contribution in [3.8, 4) is 0 Å². The quantitative estimate of drug-likeness (QED) is 0.421. The average molecular weight is 281 g/mol. The highest BCUT2D eigenvalue weighted by atomic mass is 32.2. The maximum Gasteiger partial charge on any atom is 0.191 e. The number of unbranched alkanes of at least 4 members (excludes halogenated alkanes) is 1. The molecule has 0 aromatic carbocycles. The van der Waals surface area contributed by atoms with Crippen LogP contribution in [0.2, 0.25) is 0 Å². The average Bonchev–Trinajstić information content (AvgIpc) is 2.74. The molecule has 0 bridgehead atoms. The first-order valence-corrected chi connectivity index (χ1v) is 7.95. The summed E-state index contributed by atoms with van der Waals surface area (Å²) in [5.74, 6) is 2.39. The van der Waals surface area contributed by atoms with Crippen molar-refractivity contribution in [3.05, 3.63) is 6.07 Å². The van der Waals surface area contributed by atoms with Crippen molar-refractivity contribution in [3.63, 3.8) is 0 Å². The number of hydrogen-bond donors (Lipinski definition) is 3. The van der Waals surface area contributed by atoms with Crippen LogP contribution in [0.15, 0.2) is 11.2 Å². The van der Waals surface area contributed by atoms with E-state index in [-0.39, 0.29) is 0 Å². The first kappa shape index (κ1) is 14.4. The van der Waals surface area contributed by atoms with Crippen LogP contribution in [0.3, 0.4) is 0 Å². The minimum atomic E-state index is 0.315. The second-order valence-corrected chi connectivity index (χ2v) is 6.14. The fourth-order valence-corrected chi connectivity index (χ4v) is 3.19. The van der Waals surface area contributed by atoms with Crippen LogP contribution in [-0.4, -0.2) is 27.8 Å². The fraction of sp³-hybridized carbons (Fsp3) is 0.692. The summed E-state index contributed by atoms with van der Waals surface area (Å²) in [6, 6.07) is 2.53. The number of hydrogen-bond acceptors (Lipinski definition) is 6. The van der Waals surface area contributed by atoms with Crippen molar-refractivity contribution in [2.45, 2.75) is 56.3 Å². The summed E-state index contributed by atoms with van der Waals surface area (Å²) in [5, 5.41) is 4.18. The molecule has 2 rings (SSSR count). The zero-order chi connectivity index (χ0) is 13.7. The van der Waals surface area contributed by atoms with Crippen molar-refractivity contribution < 1.29 is 0 Å². The number of nitrogens with two attached hydrogens (primary N) is 2. The van der Waals surface area contributed by atoms with Gasteiger partial charge in [0, 0.05) is 23.9 Å². The highest BCUT2D eigenvalue weighted by molar-refractivity contribution is 7.99. The summed E-state index contributed by atoms with van der Waals surface area (Å²) in [6.07, 6.45) is 5.53. The Labute approximate surface area is 119 Å². The van der Waals surface area contributed by atoms with Crippen molar-refractivity contribution in [2.24, 2.45) is 5.73 Å². The Morgan fingerprint density at radius 1 is 1.42 bits per heavy atom. The summed E-state index contributed by atoms with van der Waals surface area (Å²) in [6.45, 7) is 2.18. The predicted octanol–water partition coefficient (Wildman–Crippen LogP) is 2.24. The van der Waals surface area contributed by atoms with E-state index in [0.717, 1.165) is 36.0 Å². The molecule has 1 aliphatic rings. The van der Waals surface area contributed by atoms with Gasteiger partial charge in [-0.1, -0.05) is 25.1 Å². The third-order valence-electron chi connectivity index (χ3n) is 3.28. The van der Waals surface area contributed by atoms with E-state index in [9.17, 15) is 0 Å². The SMILES string of the molecule is CCCCSc1nc(N)cc(N[C@@H]2CC[C@@H](N)C2)n1. The number of nitrogens with zero attached hydrogens (tertiary/aromatic N) is 2. The van der Waals surface area contributed by atoms with Crippen LogP contribution in [0.1, 0.15) is 39.0 Å². The van der Waals surface area contributed by atoms with Gasteiger partial charge in [-0.15, -0.1) is 0 Å². The van der Waals surface area contributed by atoms with E-state index in [1.165, 1.54) is 12.8 Å². The topological polar surface area (TPSA) is 89.8 Å². The molecule has 19 heavy (non-hydrogen) atoms. The van der Waals surface area contributed by atoms with Crippen LogP contribution in [0.5, 0.6) is 0 Å². The zero-order valence-corrected chi connectivity index (χ0v) is 12.2. The lowest BCUT2D eigenvalue weighted by Gasteiger charge is -2.14. The van der Waals surface area contributed by atoms with E-state index in [0.29, 0.717) is 17.9 Å². The molecule has 6 heteroatoms. The molecule has 1 aromatic heterocycles. The van der Waals surface area contributed by atoms with Gasteiger partial charge in [-0.2, -0.15) is 0 Å². The van der Waals surface area contributed by atoms with E-state index in [4.69, 9.17) is 11.5 Å². The van der Waals surface area contributed by atoms with E-state index >= 15 is 0 Å². The van der Waals surface area contributed by atoms with Gasteiger partial charge in [-0.05, 0) is 25.7 Å². The Morgan fingerprint density at radius 3 is 2.95 bits per heavy atom. The lowest BCUT2D eigenvalue weighted by Crippen LogP contribution is -2.21. The number of nitrogen functional groups attached to an aromatic ring is 1. The minimum Gasteiger partial charge on any atom is -0.383 e. The van der Waals surface area contributed by atoms with Gasteiger partial charge in [0.1, 0.15) is 11.6 Å². The highest BCUT2D eigenvalue weighted by Crippen LogP contribution is 2.23. The number of rotatable bonds is 6. The first-order valence-electron chi connectivity index (χ1n) is 6.97. The summed E-state index contributed by atoms with van der Waals surface area (Å²) in [5.41, 5.74) is 11.8. The lowest BCUT2D eigenvalue weighted by molar-refractivity contribution is 0.685. The van der Waals surface area contributed by atoms with Crippen LogP contribution in [0.25, 0.3) is 0 Å². The maximum atomic E-state index is 5.92. The smallest absolute Gasteiger partial charge is 0.191 e. The van der Waals surface area contributed by atoms with Crippen molar-refractivity contribution in [1.29, 1.82) is 0 Å². The molecule has 1 aromatic rings. The molecule has 1 heterocycles. The molecule has 5 N–H and O–H groups in total. The van der Waals surface area contributed by atoms with E-state index < -0.39 is 0 Å².